The highest BCUT2D eigenvalue weighted by atomic mass is 32.2. The topological polar surface area (TPSA) is 98.1 Å². The smallest absolute Gasteiger partial charge is 0.316 e. The van der Waals surface area contributed by atoms with Crippen LogP contribution >= 0.6 is 11.8 Å². The molecule has 1 aromatic carbocycles. The summed E-state index contributed by atoms with van der Waals surface area (Å²) in [6, 6.07) is 7.83. The maximum absolute atomic E-state index is 11.8. The van der Waals surface area contributed by atoms with E-state index in [0.717, 1.165) is 40.2 Å². The van der Waals surface area contributed by atoms with Crippen molar-refractivity contribution in [1.82, 2.24) is 29.8 Å². The van der Waals surface area contributed by atoms with Gasteiger partial charge in [-0.15, -0.1) is 5.10 Å². The summed E-state index contributed by atoms with van der Waals surface area (Å²) in [5, 5.41) is 13.5. The Bertz CT molecular complexity index is 1160. The molecule has 0 atom stereocenters. The van der Waals surface area contributed by atoms with Crippen LogP contribution in [0.5, 0.6) is 0 Å². The molecule has 0 unspecified atom stereocenters. The molecular formula is C20H22N6O2S. The number of aromatic nitrogens is 6. The van der Waals surface area contributed by atoms with Crippen molar-refractivity contribution in [2.75, 3.05) is 12.4 Å². The number of carbonyl (C=O) groups is 1. The molecule has 0 fully saturated rings. The molecule has 8 nitrogen and oxygen atoms in total. The fourth-order valence-corrected chi connectivity index (χ4v) is 4.02. The molecule has 0 saturated carbocycles. The number of esters is 1. The summed E-state index contributed by atoms with van der Waals surface area (Å²) < 4.78 is 6.76. The first-order chi connectivity index (χ1) is 14.1. The van der Waals surface area contributed by atoms with E-state index in [4.69, 9.17) is 9.72 Å². The number of hydrogen-bond acceptors (Lipinski definition) is 7. The second-order valence-electron chi connectivity index (χ2n) is 6.68. The monoisotopic (exact) mass is 410 g/mol. The Balaban J connectivity index is 1.68. The van der Waals surface area contributed by atoms with Crippen LogP contribution in [-0.2, 0) is 22.4 Å². The summed E-state index contributed by atoms with van der Waals surface area (Å²) in [6.45, 7) is 6.17. The minimum absolute atomic E-state index is 0.177. The number of aryl methyl sites for hydroxylation is 3. The molecule has 0 bridgehead atoms. The maximum atomic E-state index is 11.8. The summed E-state index contributed by atoms with van der Waals surface area (Å²) in [5.74, 6) is 0.643. The highest BCUT2D eigenvalue weighted by molar-refractivity contribution is 7.99. The van der Waals surface area contributed by atoms with Gasteiger partial charge in [0, 0.05) is 17.5 Å². The van der Waals surface area contributed by atoms with Gasteiger partial charge >= 0.3 is 5.97 Å². The van der Waals surface area contributed by atoms with Gasteiger partial charge in [-0.25, -0.2) is 9.97 Å². The predicted molar refractivity (Wildman–Crippen MR) is 111 cm³/mol. The quantitative estimate of drug-likeness (QED) is 0.284. The lowest BCUT2D eigenvalue weighted by Gasteiger charge is -2.05. The molecule has 0 spiro atoms. The molecule has 0 saturated heterocycles. The fraction of sp³-hybridized carbons (Fsp3) is 0.350. The van der Waals surface area contributed by atoms with Crippen molar-refractivity contribution in [3.8, 4) is 0 Å². The van der Waals surface area contributed by atoms with Crippen molar-refractivity contribution in [1.29, 1.82) is 0 Å². The number of carbonyl (C=O) groups excluding carboxylic acids is 1. The minimum atomic E-state index is -0.271. The van der Waals surface area contributed by atoms with Crippen molar-refractivity contribution < 1.29 is 9.53 Å². The SMILES string of the molecule is CCOC(=O)CSc1nc2ccccc2c2nc(CCc3c(C)n[nH]c3C)nn12. The highest BCUT2D eigenvalue weighted by Gasteiger charge is 2.16. The molecule has 0 aliphatic rings. The second-order valence-corrected chi connectivity index (χ2v) is 7.62. The van der Waals surface area contributed by atoms with Gasteiger partial charge in [0.05, 0.1) is 23.6 Å². The number of H-pyrrole nitrogens is 1. The van der Waals surface area contributed by atoms with Gasteiger partial charge in [-0.1, -0.05) is 23.9 Å². The number of fused-ring (bicyclic) bond motifs is 3. The lowest BCUT2D eigenvalue weighted by atomic mass is 10.1. The van der Waals surface area contributed by atoms with Crippen molar-refractivity contribution in [3.05, 3.63) is 47.0 Å². The largest absolute Gasteiger partial charge is 0.465 e. The van der Waals surface area contributed by atoms with Crippen LogP contribution in [0.2, 0.25) is 0 Å². The number of benzene rings is 1. The molecule has 3 aromatic heterocycles. The average molecular weight is 411 g/mol. The summed E-state index contributed by atoms with van der Waals surface area (Å²) in [6.07, 6.45) is 1.50. The Morgan fingerprint density at radius 2 is 2.03 bits per heavy atom. The molecule has 9 heteroatoms. The third-order valence-electron chi connectivity index (χ3n) is 4.70. The first kappa shape index (κ1) is 19.4. The van der Waals surface area contributed by atoms with Crippen LogP contribution < -0.4 is 0 Å². The zero-order chi connectivity index (χ0) is 20.4. The van der Waals surface area contributed by atoms with Crippen molar-refractivity contribution in [2.45, 2.75) is 38.8 Å². The number of rotatable bonds is 7. The number of aromatic amines is 1. The molecule has 1 N–H and O–H groups in total. The molecule has 0 radical (unpaired) electrons. The van der Waals surface area contributed by atoms with Gasteiger partial charge < -0.3 is 4.74 Å². The summed E-state index contributed by atoms with van der Waals surface area (Å²) >= 11 is 1.31. The zero-order valence-corrected chi connectivity index (χ0v) is 17.4. The van der Waals surface area contributed by atoms with E-state index < -0.39 is 0 Å². The Morgan fingerprint density at radius 1 is 1.21 bits per heavy atom. The van der Waals surface area contributed by atoms with Gasteiger partial charge in [-0.05, 0) is 44.9 Å². The van der Waals surface area contributed by atoms with E-state index in [9.17, 15) is 4.79 Å². The van der Waals surface area contributed by atoms with Gasteiger partial charge in [-0.3, -0.25) is 9.89 Å². The van der Waals surface area contributed by atoms with E-state index in [1.807, 2.05) is 38.1 Å². The Kier molecular flexibility index (Phi) is 5.48. The molecule has 0 amide bonds. The Morgan fingerprint density at radius 3 is 2.79 bits per heavy atom. The molecule has 3 heterocycles. The fourth-order valence-electron chi connectivity index (χ4n) is 3.28. The minimum Gasteiger partial charge on any atom is -0.465 e. The lowest BCUT2D eigenvalue weighted by molar-refractivity contribution is -0.139. The molecule has 29 heavy (non-hydrogen) atoms. The summed E-state index contributed by atoms with van der Waals surface area (Å²) in [5.41, 5.74) is 4.85. The van der Waals surface area contributed by atoms with Crippen LogP contribution in [-0.4, -0.2) is 48.1 Å². The van der Waals surface area contributed by atoms with Crippen molar-refractivity contribution in [3.63, 3.8) is 0 Å². The first-order valence-electron chi connectivity index (χ1n) is 9.50. The Hall–Kier alpha value is -2.94. The van der Waals surface area contributed by atoms with E-state index in [0.29, 0.717) is 18.2 Å². The highest BCUT2D eigenvalue weighted by Crippen LogP contribution is 2.24. The molecule has 150 valence electrons. The third kappa shape index (κ3) is 3.95. The average Bonchev–Trinajstić information content (AvgIpc) is 3.28. The Labute approximate surface area is 172 Å². The van der Waals surface area contributed by atoms with Gasteiger partial charge in [0.1, 0.15) is 0 Å². The van der Waals surface area contributed by atoms with Crippen LogP contribution in [0.25, 0.3) is 16.6 Å². The number of thioether (sulfide) groups is 1. The molecule has 0 aliphatic carbocycles. The molecule has 4 rings (SSSR count). The van der Waals surface area contributed by atoms with Crippen molar-refractivity contribution >= 4 is 34.3 Å². The number of hydrogen-bond donors (Lipinski definition) is 1. The van der Waals surface area contributed by atoms with Crippen LogP contribution in [0, 0.1) is 13.8 Å². The van der Waals surface area contributed by atoms with Gasteiger partial charge in [0.15, 0.2) is 16.6 Å². The lowest BCUT2D eigenvalue weighted by Crippen LogP contribution is -2.08. The first-order valence-corrected chi connectivity index (χ1v) is 10.5. The van der Waals surface area contributed by atoms with Gasteiger partial charge in [0.2, 0.25) is 0 Å². The van der Waals surface area contributed by atoms with Crippen LogP contribution in [0.1, 0.15) is 29.7 Å². The number of nitrogens with one attached hydrogen (secondary N) is 1. The number of ether oxygens (including phenoxy) is 1. The zero-order valence-electron chi connectivity index (χ0n) is 16.6. The maximum Gasteiger partial charge on any atom is 0.316 e. The van der Waals surface area contributed by atoms with Crippen LogP contribution in [0.4, 0.5) is 0 Å². The van der Waals surface area contributed by atoms with Gasteiger partial charge in [0.25, 0.3) is 0 Å². The summed E-state index contributed by atoms with van der Waals surface area (Å²) in [4.78, 5) is 21.3. The molecule has 0 aliphatic heterocycles. The molecular weight excluding hydrogens is 388 g/mol. The van der Waals surface area contributed by atoms with Crippen molar-refractivity contribution in [2.24, 2.45) is 0 Å². The summed E-state index contributed by atoms with van der Waals surface area (Å²) in [7, 11) is 0. The van der Waals surface area contributed by atoms with Gasteiger partial charge in [-0.2, -0.15) is 9.61 Å². The number of para-hydroxylation sites is 1. The van der Waals surface area contributed by atoms with Crippen LogP contribution in [0.3, 0.4) is 0 Å². The van der Waals surface area contributed by atoms with E-state index in [-0.39, 0.29) is 11.7 Å². The standard InChI is InChI=1S/C20H22N6O2S/c1-4-28-18(27)11-29-20-21-16-8-6-5-7-15(16)19-22-17(25-26(19)20)10-9-14-12(2)23-24-13(14)3/h5-8H,4,9-11H2,1-3H3,(H,23,24). The van der Waals surface area contributed by atoms with E-state index in [1.54, 1.807) is 11.4 Å². The third-order valence-corrected chi connectivity index (χ3v) is 5.60. The normalized spacial score (nSPS) is 11.4. The van der Waals surface area contributed by atoms with E-state index in [1.165, 1.54) is 17.3 Å². The van der Waals surface area contributed by atoms with E-state index >= 15 is 0 Å². The molecule has 4 aromatic rings. The van der Waals surface area contributed by atoms with Crippen LogP contribution in [0.15, 0.2) is 29.4 Å². The number of nitrogens with zero attached hydrogens (tertiary/aromatic N) is 5. The van der Waals surface area contributed by atoms with E-state index in [2.05, 4.69) is 20.3 Å². The second kappa shape index (κ2) is 8.20. The predicted octanol–water partition coefficient (Wildman–Crippen LogP) is 3.06.